The largest absolute Gasteiger partial charge is 0.497 e. The zero-order valence-corrected chi connectivity index (χ0v) is 17.3. The number of benzene rings is 3. The maximum Gasteiger partial charge on any atom is 0.254 e. The van der Waals surface area contributed by atoms with Crippen molar-refractivity contribution in [3.05, 3.63) is 78.2 Å². The van der Waals surface area contributed by atoms with Gasteiger partial charge in [-0.15, -0.1) is 0 Å². The first-order valence-electron chi connectivity index (χ1n) is 10.5. The van der Waals surface area contributed by atoms with Crippen LogP contribution in [0, 0.1) is 0 Å². The molecule has 0 saturated carbocycles. The van der Waals surface area contributed by atoms with Crippen LogP contribution in [0.4, 0.5) is 0 Å². The molecule has 1 fully saturated rings. The van der Waals surface area contributed by atoms with Gasteiger partial charge in [0.15, 0.2) is 0 Å². The van der Waals surface area contributed by atoms with Gasteiger partial charge in [0.05, 0.1) is 13.0 Å². The van der Waals surface area contributed by atoms with Gasteiger partial charge in [-0.1, -0.05) is 41.6 Å². The van der Waals surface area contributed by atoms with Gasteiger partial charge in [0.2, 0.25) is 11.7 Å². The van der Waals surface area contributed by atoms with E-state index in [0.717, 1.165) is 47.0 Å². The fraction of sp³-hybridized carbons (Fsp3) is 0.240. The third kappa shape index (κ3) is 3.77. The van der Waals surface area contributed by atoms with Gasteiger partial charge >= 0.3 is 0 Å². The number of hydrogen-bond acceptors (Lipinski definition) is 5. The molecule has 5 rings (SSSR count). The average molecular weight is 413 g/mol. The summed E-state index contributed by atoms with van der Waals surface area (Å²) in [7, 11) is 1.63. The van der Waals surface area contributed by atoms with Crippen LogP contribution in [0.25, 0.3) is 22.2 Å². The number of methoxy groups -OCH3 is 1. The summed E-state index contributed by atoms with van der Waals surface area (Å²) in [5.41, 5.74) is 1.61. The number of aromatic nitrogens is 2. The van der Waals surface area contributed by atoms with Crippen LogP contribution < -0.4 is 4.74 Å². The van der Waals surface area contributed by atoms with E-state index in [4.69, 9.17) is 9.26 Å². The van der Waals surface area contributed by atoms with E-state index < -0.39 is 0 Å². The van der Waals surface area contributed by atoms with Gasteiger partial charge in [-0.3, -0.25) is 4.79 Å². The quantitative estimate of drug-likeness (QED) is 0.475. The van der Waals surface area contributed by atoms with Crippen LogP contribution in [0.1, 0.15) is 35.0 Å². The first-order valence-corrected chi connectivity index (χ1v) is 10.5. The maximum atomic E-state index is 13.3. The van der Waals surface area contributed by atoms with Gasteiger partial charge < -0.3 is 14.2 Å². The lowest BCUT2D eigenvalue weighted by molar-refractivity contribution is 0.0697. The van der Waals surface area contributed by atoms with Crippen LogP contribution in [0.2, 0.25) is 0 Å². The van der Waals surface area contributed by atoms with E-state index in [9.17, 15) is 4.79 Å². The van der Waals surface area contributed by atoms with Crippen molar-refractivity contribution in [3.8, 4) is 17.1 Å². The van der Waals surface area contributed by atoms with Gasteiger partial charge in [0, 0.05) is 24.2 Å². The van der Waals surface area contributed by atoms with Crippen LogP contribution in [-0.4, -0.2) is 41.1 Å². The second kappa shape index (κ2) is 8.22. The standard InChI is InChI=1S/C25H23N3O3/c1-30-20-13-11-18(12-14-20)23-26-24(31-27-23)19-8-5-15-28(16-19)25(29)22-10-4-7-17-6-2-3-9-21(17)22/h2-4,6-7,9-14,19H,5,8,15-16H2,1H3/t19-/m1/s1. The number of ether oxygens (including phenoxy) is 1. The van der Waals surface area contributed by atoms with Crippen molar-refractivity contribution < 1.29 is 14.1 Å². The minimum Gasteiger partial charge on any atom is -0.497 e. The summed E-state index contributed by atoms with van der Waals surface area (Å²) in [6, 6.07) is 21.4. The number of nitrogens with zero attached hydrogens (tertiary/aromatic N) is 3. The van der Waals surface area contributed by atoms with Gasteiger partial charge in [-0.2, -0.15) is 4.98 Å². The van der Waals surface area contributed by atoms with E-state index >= 15 is 0 Å². The van der Waals surface area contributed by atoms with E-state index in [-0.39, 0.29) is 11.8 Å². The first kappa shape index (κ1) is 19.3. The lowest BCUT2D eigenvalue weighted by Gasteiger charge is -2.31. The van der Waals surface area contributed by atoms with Crippen molar-refractivity contribution >= 4 is 16.7 Å². The fourth-order valence-electron chi connectivity index (χ4n) is 4.20. The van der Waals surface area contributed by atoms with Crippen molar-refractivity contribution in [2.45, 2.75) is 18.8 Å². The molecular weight excluding hydrogens is 390 g/mol. The molecule has 0 spiro atoms. The minimum atomic E-state index is 0.0344. The Kier molecular flexibility index (Phi) is 5.12. The Morgan fingerprint density at radius 2 is 1.87 bits per heavy atom. The summed E-state index contributed by atoms with van der Waals surface area (Å²) >= 11 is 0. The molecule has 0 aliphatic carbocycles. The molecule has 2 heterocycles. The van der Waals surface area contributed by atoms with Gasteiger partial charge in [-0.25, -0.2) is 0 Å². The molecule has 1 aliphatic heterocycles. The molecule has 1 saturated heterocycles. The number of likely N-dealkylation sites (tertiary alicyclic amines) is 1. The van der Waals surface area contributed by atoms with Gasteiger partial charge in [-0.05, 0) is 53.9 Å². The summed E-state index contributed by atoms with van der Waals surface area (Å²) in [4.78, 5) is 19.9. The molecule has 0 N–H and O–H groups in total. The zero-order valence-electron chi connectivity index (χ0n) is 17.3. The van der Waals surface area contributed by atoms with Gasteiger partial charge in [0.1, 0.15) is 5.75 Å². The van der Waals surface area contributed by atoms with Gasteiger partial charge in [0.25, 0.3) is 5.91 Å². The Hall–Kier alpha value is -3.67. The highest BCUT2D eigenvalue weighted by molar-refractivity contribution is 6.07. The zero-order chi connectivity index (χ0) is 21.2. The number of piperidine rings is 1. The normalized spacial score (nSPS) is 16.4. The van der Waals surface area contributed by atoms with E-state index in [0.29, 0.717) is 18.3 Å². The highest BCUT2D eigenvalue weighted by Crippen LogP contribution is 2.30. The molecule has 0 unspecified atom stereocenters. The molecule has 156 valence electrons. The third-order valence-electron chi connectivity index (χ3n) is 5.87. The first-order chi connectivity index (χ1) is 15.2. The topological polar surface area (TPSA) is 68.5 Å². The van der Waals surface area contributed by atoms with Crippen molar-refractivity contribution in [3.63, 3.8) is 0 Å². The smallest absolute Gasteiger partial charge is 0.254 e. The lowest BCUT2D eigenvalue weighted by atomic mass is 9.96. The minimum absolute atomic E-state index is 0.0344. The Morgan fingerprint density at radius 1 is 1.06 bits per heavy atom. The van der Waals surface area contributed by atoms with Crippen LogP contribution in [0.3, 0.4) is 0 Å². The summed E-state index contributed by atoms with van der Waals surface area (Å²) in [6.07, 6.45) is 1.82. The van der Waals surface area contributed by atoms with Crippen LogP contribution in [0.15, 0.2) is 71.3 Å². The van der Waals surface area contributed by atoms with Crippen LogP contribution in [0.5, 0.6) is 5.75 Å². The van der Waals surface area contributed by atoms with Crippen molar-refractivity contribution in [1.82, 2.24) is 15.0 Å². The summed E-state index contributed by atoms with van der Waals surface area (Å²) in [5, 5.41) is 6.21. The molecule has 6 nitrogen and oxygen atoms in total. The number of fused-ring (bicyclic) bond motifs is 1. The average Bonchev–Trinajstić information content (AvgIpc) is 3.34. The number of carbonyl (C=O) groups excluding carboxylic acids is 1. The number of carbonyl (C=O) groups is 1. The molecule has 0 radical (unpaired) electrons. The summed E-state index contributed by atoms with van der Waals surface area (Å²) < 4.78 is 10.8. The molecule has 1 aromatic heterocycles. The molecule has 1 amide bonds. The molecule has 4 aromatic rings. The molecule has 31 heavy (non-hydrogen) atoms. The molecule has 3 aromatic carbocycles. The molecular formula is C25H23N3O3. The number of hydrogen-bond donors (Lipinski definition) is 0. The lowest BCUT2D eigenvalue weighted by Crippen LogP contribution is -2.39. The number of rotatable bonds is 4. The van der Waals surface area contributed by atoms with E-state index in [2.05, 4.69) is 10.1 Å². The molecule has 1 aliphatic rings. The Morgan fingerprint density at radius 3 is 2.71 bits per heavy atom. The second-order valence-electron chi connectivity index (χ2n) is 7.80. The Balaban J connectivity index is 1.36. The van der Waals surface area contributed by atoms with E-state index in [1.807, 2.05) is 71.6 Å². The van der Waals surface area contributed by atoms with Crippen molar-refractivity contribution in [2.75, 3.05) is 20.2 Å². The molecule has 6 heteroatoms. The van der Waals surface area contributed by atoms with E-state index in [1.54, 1.807) is 7.11 Å². The number of amides is 1. The molecule has 1 atom stereocenters. The third-order valence-corrected chi connectivity index (χ3v) is 5.87. The second-order valence-corrected chi connectivity index (χ2v) is 7.80. The summed E-state index contributed by atoms with van der Waals surface area (Å²) in [6.45, 7) is 1.31. The SMILES string of the molecule is COc1ccc(-c2noc([C@@H]3CCCN(C(=O)c4cccc5ccccc45)C3)n2)cc1. The van der Waals surface area contributed by atoms with E-state index in [1.165, 1.54) is 0 Å². The highest BCUT2D eigenvalue weighted by atomic mass is 16.5. The summed E-state index contributed by atoms with van der Waals surface area (Å²) in [5.74, 6) is 2.00. The predicted molar refractivity (Wildman–Crippen MR) is 118 cm³/mol. The molecule has 0 bridgehead atoms. The fourth-order valence-corrected chi connectivity index (χ4v) is 4.20. The monoisotopic (exact) mass is 413 g/mol. The Bertz CT molecular complexity index is 1210. The van der Waals surface area contributed by atoms with Crippen molar-refractivity contribution in [2.24, 2.45) is 0 Å². The Labute approximate surface area is 180 Å². The van der Waals surface area contributed by atoms with Crippen LogP contribution in [-0.2, 0) is 0 Å². The highest BCUT2D eigenvalue weighted by Gasteiger charge is 2.29. The van der Waals surface area contributed by atoms with Crippen LogP contribution >= 0.6 is 0 Å². The maximum absolute atomic E-state index is 13.3. The van der Waals surface area contributed by atoms with Crippen molar-refractivity contribution in [1.29, 1.82) is 0 Å². The predicted octanol–water partition coefficient (Wildman–Crippen LogP) is 4.92.